The van der Waals surface area contributed by atoms with Crippen LogP contribution in [0.1, 0.15) is 13.3 Å². The molecule has 88 valence electrons. The number of nitrogens with zero attached hydrogens (tertiary/aromatic N) is 2. The van der Waals surface area contributed by atoms with Crippen LogP contribution in [0.25, 0.3) is 0 Å². The molecule has 0 saturated carbocycles. The lowest BCUT2D eigenvalue weighted by molar-refractivity contribution is 0.462. The summed E-state index contributed by atoms with van der Waals surface area (Å²) < 4.78 is 0.523. The molecule has 0 spiro atoms. The minimum Gasteiger partial charge on any atom is -0.350 e. The molecule has 1 fully saturated rings. The first kappa shape index (κ1) is 11.6. The Hall–Kier alpha value is -0.880. The molecule has 2 heterocycles. The average molecular weight is 287 g/mol. The van der Waals surface area contributed by atoms with E-state index in [-0.39, 0.29) is 5.56 Å². The summed E-state index contributed by atoms with van der Waals surface area (Å²) in [4.78, 5) is 20.5. The molecule has 5 nitrogen and oxygen atoms in total. The summed E-state index contributed by atoms with van der Waals surface area (Å²) in [6, 6.07) is 0.402. The zero-order valence-corrected chi connectivity index (χ0v) is 10.7. The SMILES string of the molecule is CCC1CNCCN1c1nc[nH]c(=O)c1Br. The number of piperazine rings is 1. The monoisotopic (exact) mass is 286 g/mol. The Kier molecular flexibility index (Phi) is 3.60. The number of halogens is 1. The van der Waals surface area contributed by atoms with Gasteiger partial charge in [-0.05, 0) is 22.4 Å². The number of H-pyrrole nitrogens is 1. The zero-order chi connectivity index (χ0) is 11.5. The van der Waals surface area contributed by atoms with Crippen molar-refractivity contribution in [2.45, 2.75) is 19.4 Å². The summed E-state index contributed by atoms with van der Waals surface area (Å²) in [5.74, 6) is 0.747. The van der Waals surface area contributed by atoms with Crippen LogP contribution in [0.3, 0.4) is 0 Å². The van der Waals surface area contributed by atoms with Crippen LogP contribution < -0.4 is 15.8 Å². The number of aromatic amines is 1. The summed E-state index contributed by atoms with van der Waals surface area (Å²) in [6.45, 7) is 4.90. The van der Waals surface area contributed by atoms with Crippen LogP contribution in [0.4, 0.5) is 5.82 Å². The van der Waals surface area contributed by atoms with Crippen LogP contribution >= 0.6 is 15.9 Å². The predicted octanol–water partition coefficient (Wildman–Crippen LogP) is 0.721. The number of nitrogens with one attached hydrogen (secondary N) is 2. The third kappa shape index (κ3) is 2.12. The maximum Gasteiger partial charge on any atom is 0.267 e. The molecule has 1 aliphatic rings. The van der Waals surface area contributed by atoms with E-state index in [1.165, 1.54) is 6.33 Å². The van der Waals surface area contributed by atoms with Crippen molar-refractivity contribution in [3.63, 3.8) is 0 Å². The molecule has 0 aromatic carbocycles. The molecule has 1 atom stereocenters. The van der Waals surface area contributed by atoms with Crippen molar-refractivity contribution in [3.8, 4) is 0 Å². The second-order valence-electron chi connectivity index (χ2n) is 3.83. The van der Waals surface area contributed by atoms with Gasteiger partial charge in [0.15, 0.2) is 5.82 Å². The van der Waals surface area contributed by atoms with Gasteiger partial charge in [0.05, 0.1) is 6.33 Å². The van der Waals surface area contributed by atoms with Crippen LogP contribution in [0.15, 0.2) is 15.6 Å². The summed E-state index contributed by atoms with van der Waals surface area (Å²) >= 11 is 3.30. The second kappa shape index (κ2) is 4.97. The molecule has 1 saturated heterocycles. The van der Waals surface area contributed by atoms with Crippen molar-refractivity contribution in [3.05, 3.63) is 21.2 Å². The third-order valence-corrected chi connectivity index (χ3v) is 3.59. The van der Waals surface area contributed by atoms with Gasteiger partial charge in [-0.15, -0.1) is 0 Å². The molecule has 0 radical (unpaired) electrons. The van der Waals surface area contributed by atoms with Crippen LogP contribution in [0.2, 0.25) is 0 Å². The second-order valence-corrected chi connectivity index (χ2v) is 4.62. The lowest BCUT2D eigenvalue weighted by Gasteiger charge is -2.36. The molecule has 2 rings (SSSR count). The minimum absolute atomic E-state index is 0.126. The highest BCUT2D eigenvalue weighted by molar-refractivity contribution is 9.10. The van der Waals surface area contributed by atoms with E-state index >= 15 is 0 Å². The molecule has 6 heteroatoms. The molecule has 0 aliphatic carbocycles. The summed E-state index contributed by atoms with van der Waals surface area (Å²) in [5.41, 5.74) is -0.126. The molecule has 2 N–H and O–H groups in total. The molecule has 1 unspecified atom stereocenters. The highest BCUT2D eigenvalue weighted by Gasteiger charge is 2.24. The first-order valence-electron chi connectivity index (χ1n) is 5.44. The standard InChI is InChI=1S/C10H15BrN4O/c1-2-7-5-12-3-4-15(7)9-8(11)10(16)14-6-13-9/h6-7,12H,2-5H2,1H3,(H,13,14,16). The Morgan fingerprint density at radius 1 is 1.69 bits per heavy atom. The topological polar surface area (TPSA) is 61.0 Å². The Balaban J connectivity index is 2.34. The van der Waals surface area contributed by atoms with E-state index in [1.807, 2.05) is 0 Å². The van der Waals surface area contributed by atoms with Crippen LogP contribution in [-0.4, -0.2) is 35.6 Å². The van der Waals surface area contributed by atoms with Crippen molar-refractivity contribution in [2.24, 2.45) is 0 Å². The molecule has 0 amide bonds. The van der Waals surface area contributed by atoms with Gasteiger partial charge in [0.2, 0.25) is 0 Å². The number of anilines is 1. The molecule has 1 aromatic heterocycles. The van der Waals surface area contributed by atoms with Crippen molar-refractivity contribution < 1.29 is 0 Å². The van der Waals surface area contributed by atoms with Gasteiger partial charge in [0, 0.05) is 25.7 Å². The average Bonchev–Trinajstić information content (AvgIpc) is 2.33. The maximum atomic E-state index is 11.5. The Labute approximate surface area is 102 Å². The van der Waals surface area contributed by atoms with E-state index in [0.29, 0.717) is 10.5 Å². The Morgan fingerprint density at radius 2 is 2.50 bits per heavy atom. The highest BCUT2D eigenvalue weighted by atomic mass is 79.9. The highest BCUT2D eigenvalue weighted by Crippen LogP contribution is 2.22. The van der Waals surface area contributed by atoms with Gasteiger partial charge in [-0.3, -0.25) is 4.79 Å². The first-order chi connectivity index (χ1) is 7.74. The lowest BCUT2D eigenvalue weighted by atomic mass is 10.1. The van der Waals surface area contributed by atoms with E-state index in [1.54, 1.807) is 0 Å². The summed E-state index contributed by atoms with van der Waals surface area (Å²) in [5, 5.41) is 3.35. The Morgan fingerprint density at radius 3 is 3.25 bits per heavy atom. The largest absolute Gasteiger partial charge is 0.350 e. The van der Waals surface area contributed by atoms with Crippen molar-refractivity contribution in [1.82, 2.24) is 15.3 Å². The normalized spacial score (nSPS) is 21.1. The molecule has 1 aliphatic heterocycles. The number of hydrogen-bond donors (Lipinski definition) is 2. The third-order valence-electron chi connectivity index (χ3n) is 2.87. The number of aromatic nitrogens is 2. The van der Waals surface area contributed by atoms with E-state index in [0.717, 1.165) is 31.9 Å². The van der Waals surface area contributed by atoms with Crippen LogP contribution in [0, 0.1) is 0 Å². The fraction of sp³-hybridized carbons (Fsp3) is 0.600. The molecule has 0 bridgehead atoms. The minimum atomic E-state index is -0.126. The van der Waals surface area contributed by atoms with Crippen molar-refractivity contribution in [1.29, 1.82) is 0 Å². The molecular weight excluding hydrogens is 272 g/mol. The molecular formula is C10H15BrN4O. The molecule has 16 heavy (non-hydrogen) atoms. The molecule has 1 aromatic rings. The van der Waals surface area contributed by atoms with Gasteiger partial charge >= 0.3 is 0 Å². The van der Waals surface area contributed by atoms with Gasteiger partial charge in [0.25, 0.3) is 5.56 Å². The van der Waals surface area contributed by atoms with Gasteiger partial charge in [-0.1, -0.05) is 6.92 Å². The van der Waals surface area contributed by atoms with E-state index < -0.39 is 0 Å². The van der Waals surface area contributed by atoms with Gasteiger partial charge in [-0.2, -0.15) is 0 Å². The van der Waals surface area contributed by atoms with Crippen molar-refractivity contribution in [2.75, 3.05) is 24.5 Å². The van der Waals surface area contributed by atoms with Crippen LogP contribution in [0.5, 0.6) is 0 Å². The smallest absolute Gasteiger partial charge is 0.267 e. The maximum absolute atomic E-state index is 11.5. The van der Waals surface area contributed by atoms with Crippen molar-refractivity contribution >= 4 is 21.7 Å². The summed E-state index contributed by atoms with van der Waals surface area (Å²) in [6.07, 6.45) is 2.49. The first-order valence-corrected chi connectivity index (χ1v) is 6.24. The fourth-order valence-corrected chi connectivity index (χ4v) is 2.42. The van der Waals surface area contributed by atoms with Gasteiger partial charge < -0.3 is 15.2 Å². The van der Waals surface area contributed by atoms with Gasteiger partial charge in [0.1, 0.15) is 4.47 Å². The Bertz CT molecular complexity index is 420. The summed E-state index contributed by atoms with van der Waals surface area (Å²) in [7, 11) is 0. The van der Waals surface area contributed by atoms with Crippen LogP contribution in [-0.2, 0) is 0 Å². The number of hydrogen-bond acceptors (Lipinski definition) is 4. The quantitative estimate of drug-likeness (QED) is 0.841. The van der Waals surface area contributed by atoms with E-state index in [2.05, 4.69) is 43.0 Å². The zero-order valence-electron chi connectivity index (χ0n) is 9.16. The van der Waals surface area contributed by atoms with E-state index in [4.69, 9.17) is 0 Å². The fourth-order valence-electron chi connectivity index (χ4n) is 1.98. The number of rotatable bonds is 2. The lowest BCUT2D eigenvalue weighted by Crippen LogP contribution is -2.51. The predicted molar refractivity (Wildman–Crippen MR) is 66.9 cm³/mol. The van der Waals surface area contributed by atoms with Gasteiger partial charge in [-0.25, -0.2) is 4.98 Å². The van der Waals surface area contributed by atoms with E-state index in [9.17, 15) is 4.79 Å².